The van der Waals surface area contributed by atoms with E-state index in [9.17, 15) is 9.59 Å². The highest BCUT2D eigenvalue weighted by Gasteiger charge is 2.33. The van der Waals surface area contributed by atoms with Crippen molar-refractivity contribution in [3.63, 3.8) is 0 Å². The zero-order valence-corrected chi connectivity index (χ0v) is 13.3. The van der Waals surface area contributed by atoms with Crippen LogP contribution >= 0.6 is 0 Å². The van der Waals surface area contributed by atoms with Gasteiger partial charge in [-0.3, -0.25) is 14.2 Å². The molecule has 2 N–H and O–H groups in total. The first-order chi connectivity index (χ1) is 10.8. The Balaban J connectivity index is 2.32. The van der Waals surface area contributed by atoms with E-state index in [1.807, 2.05) is 26.8 Å². The molecule has 0 saturated heterocycles. The number of rotatable bonds is 2. The summed E-state index contributed by atoms with van der Waals surface area (Å²) < 4.78 is 7.63. The number of hydrogen-bond donors (Lipinski definition) is 1. The molecule has 118 valence electrons. The summed E-state index contributed by atoms with van der Waals surface area (Å²) in [5.74, 6) is 0.0292. The normalized spacial score (nSPS) is 15.8. The molecule has 1 amide bonds. The van der Waals surface area contributed by atoms with Gasteiger partial charge in [0.15, 0.2) is 0 Å². The molecular formula is C18H18N2O3. The Morgan fingerprint density at radius 1 is 1.22 bits per heavy atom. The van der Waals surface area contributed by atoms with Gasteiger partial charge in [-0.25, -0.2) is 0 Å². The van der Waals surface area contributed by atoms with E-state index in [4.69, 9.17) is 10.5 Å². The molecule has 2 aromatic rings. The van der Waals surface area contributed by atoms with E-state index >= 15 is 0 Å². The average molecular weight is 310 g/mol. The van der Waals surface area contributed by atoms with E-state index in [0.717, 1.165) is 16.8 Å². The second-order valence-electron chi connectivity index (χ2n) is 6.07. The number of hydrogen-bond acceptors (Lipinski definition) is 3. The summed E-state index contributed by atoms with van der Waals surface area (Å²) in [4.78, 5) is 23.7. The third-order valence-corrected chi connectivity index (χ3v) is 4.21. The highest BCUT2D eigenvalue weighted by molar-refractivity contribution is 5.94. The van der Waals surface area contributed by atoms with Crippen LogP contribution in [0.4, 0.5) is 0 Å². The van der Waals surface area contributed by atoms with Crippen LogP contribution in [-0.4, -0.2) is 16.1 Å². The third-order valence-electron chi connectivity index (χ3n) is 4.21. The van der Waals surface area contributed by atoms with E-state index in [2.05, 4.69) is 0 Å². The number of carbonyl (C=O) groups is 1. The smallest absolute Gasteiger partial charge is 0.255 e. The Morgan fingerprint density at radius 2 is 1.96 bits per heavy atom. The number of nitrogens with two attached hydrogens (primary N) is 1. The maximum Gasteiger partial charge on any atom is 0.255 e. The lowest BCUT2D eigenvalue weighted by atomic mass is 9.90. The Hall–Kier alpha value is -2.82. The van der Waals surface area contributed by atoms with Crippen molar-refractivity contribution in [2.75, 3.05) is 0 Å². The molecule has 0 unspecified atom stereocenters. The lowest BCUT2D eigenvalue weighted by molar-refractivity contribution is 0.0998. The quantitative estimate of drug-likeness (QED) is 0.925. The molecule has 1 aromatic heterocycles. The van der Waals surface area contributed by atoms with Gasteiger partial charge in [-0.1, -0.05) is 6.07 Å². The summed E-state index contributed by atoms with van der Waals surface area (Å²) in [7, 11) is 0. The first-order valence-corrected chi connectivity index (χ1v) is 7.34. The number of ether oxygens (including phenoxy) is 1. The number of fused-ring (bicyclic) bond motifs is 1. The number of carbonyl (C=O) groups excluding carboxylic acids is 1. The van der Waals surface area contributed by atoms with Crippen LogP contribution in [0.2, 0.25) is 0 Å². The van der Waals surface area contributed by atoms with E-state index < -0.39 is 11.5 Å². The molecular weight excluding hydrogens is 292 g/mol. The predicted molar refractivity (Wildman–Crippen MR) is 88.4 cm³/mol. The molecule has 1 aliphatic heterocycles. The van der Waals surface area contributed by atoms with Gasteiger partial charge in [0, 0.05) is 23.4 Å². The summed E-state index contributed by atoms with van der Waals surface area (Å²) >= 11 is 0. The minimum Gasteiger partial charge on any atom is -0.483 e. The minimum absolute atomic E-state index is 0.121. The first-order valence-electron chi connectivity index (χ1n) is 7.34. The van der Waals surface area contributed by atoms with Crippen molar-refractivity contribution in [2.45, 2.75) is 26.4 Å². The van der Waals surface area contributed by atoms with Crippen LogP contribution in [0.15, 0.2) is 53.0 Å². The van der Waals surface area contributed by atoms with Crippen molar-refractivity contribution in [1.82, 2.24) is 4.57 Å². The molecule has 0 saturated carbocycles. The van der Waals surface area contributed by atoms with Gasteiger partial charge in [0.25, 0.3) is 5.56 Å². The van der Waals surface area contributed by atoms with Crippen molar-refractivity contribution in [3.8, 4) is 5.75 Å². The Kier molecular flexibility index (Phi) is 3.36. The van der Waals surface area contributed by atoms with E-state index in [1.165, 1.54) is 6.07 Å². The number of aromatic nitrogens is 1. The second kappa shape index (κ2) is 5.12. The van der Waals surface area contributed by atoms with Crippen LogP contribution in [-0.2, 0) is 0 Å². The van der Waals surface area contributed by atoms with Crippen molar-refractivity contribution in [3.05, 3.63) is 69.6 Å². The highest BCUT2D eigenvalue weighted by atomic mass is 16.5. The van der Waals surface area contributed by atoms with Crippen LogP contribution in [0.3, 0.4) is 0 Å². The lowest BCUT2D eigenvalue weighted by Crippen LogP contribution is -2.36. The predicted octanol–water partition coefficient (Wildman–Crippen LogP) is 2.40. The maximum absolute atomic E-state index is 12.3. The van der Waals surface area contributed by atoms with E-state index in [-0.39, 0.29) is 5.56 Å². The van der Waals surface area contributed by atoms with Gasteiger partial charge in [0.1, 0.15) is 11.4 Å². The topological polar surface area (TPSA) is 74.3 Å². The standard InChI is InChI=1S/C18H18N2O3/c1-11-16(20-9-5-4-6-15(20)21)13-8-7-12(17(19)22)10-14(13)23-18(11,2)3/h4-10H,1-3H3,(H2,19,22). The summed E-state index contributed by atoms with van der Waals surface area (Å²) in [6.45, 7) is 5.80. The number of nitrogens with zero attached hydrogens (tertiary/aromatic N) is 1. The van der Waals surface area contributed by atoms with Gasteiger partial charge >= 0.3 is 0 Å². The van der Waals surface area contributed by atoms with Gasteiger partial charge in [0.05, 0.1) is 5.70 Å². The molecule has 0 radical (unpaired) electrons. The van der Waals surface area contributed by atoms with Gasteiger partial charge in [-0.2, -0.15) is 0 Å². The molecule has 1 aromatic carbocycles. The van der Waals surface area contributed by atoms with Crippen molar-refractivity contribution in [2.24, 2.45) is 5.73 Å². The van der Waals surface area contributed by atoms with Crippen molar-refractivity contribution in [1.29, 1.82) is 0 Å². The Morgan fingerprint density at radius 3 is 2.61 bits per heavy atom. The minimum atomic E-state index is -0.603. The summed E-state index contributed by atoms with van der Waals surface area (Å²) in [6.07, 6.45) is 1.73. The zero-order chi connectivity index (χ0) is 16.8. The zero-order valence-electron chi connectivity index (χ0n) is 13.3. The molecule has 0 aliphatic carbocycles. The first kappa shape index (κ1) is 15.1. The molecule has 0 bridgehead atoms. The molecule has 1 aliphatic rings. The van der Waals surface area contributed by atoms with Gasteiger partial charge in [-0.05, 0) is 50.6 Å². The van der Waals surface area contributed by atoms with E-state index in [0.29, 0.717) is 11.3 Å². The molecule has 0 spiro atoms. The maximum atomic E-state index is 12.3. The summed E-state index contributed by atoms with van der Waals surface area (Å²) in [5.41, 5.74) is 7.47. The molecule has 0 atom stereocenters. The average Bonchev–Trinajstić information content (AvgIpc) is 2.49. The number of primary amides is 1. The number of pyridine rings is 1. The van der Waals surface area contributed by atoms with Crippen molar-refractivity contribution < 1.29 is 9.53 Å². The largest absolute Gasteiger partial charge is 0.483 e. The van der Waals surface area contributed by atoms with Crippen LogP contribution in [0, 0.1) is 0 Å². The summed E-state index contributed by atoms with van der Waals surface area (Å²) in [5, 5.41) is 0. The SMILES string of the molecule is CC1=C(n2ccccc2=O)c2ccc(C(N)=O)cc2OC1(C)C. The number of benzene rings is 1. The molecule has 3 rings (SSSR count). The van der Waals surface area contributed by atoms with Gasteiger partial charge in [0.2, 0.25) is 5.91 Å². The highest BCUT2D eigenvalue weighted by Crippen LogP contribution is 2.41. The lowest BCUT2D eigenvalue weighted by Gasteiger charge is -2.36. The fourth-order valence-electron chi connectivity index (χ4n) is 2.72. The Labute approximate surface area is 134 Å². The monoisotopic (exact) mass is 310 g/mol. The second-order valence-corrected chi connectivity index (χ2v) is 6.07. The van der Waals surface area contributed by atoms with Gasteiger partial charge < -0.3 is 10.5 Å². The van der Waals surface area contributed by atoms with Gasteiger partial charge in [-0.15, -0.1) is 0 Å². The molecule has 5 nitrogen and oxygen atoms in total. The third kappa shape index (κ3) is 2.44. The molecule has 0 fully saturated rings. The fourth-order valence-corrected chi connectivity index (χ4v) is 2.72. The molecule has 5 heteroatoms. The van der Waals surface area contributed by atoms with Crippen molar-refractivity contribution >= 4 is 11.6 Å². The summed E-state index contributed by atoms with van der Waals surface area (Å²) in [6, 6.07) is 10.1. The van der Waals surface area contributed by atoms with Crippen LogP contribution in [0.25, 0.3) is 5.70 Å². The Bertz CT molecular complexity index is 891. The fraction of sp³-hybridized carbons (Fsp3) is 0.222. The van der Waals surface area contributed by atoms with Crippen LogP contribution in [0.1, 0.15) is 36.7 Å². The number of amides is 1. The van der Waals surface area contributed by atoms with E-state index in [1.54, 1.807) is 35.0 Å². The molecule has 23 heavy (non-hydrogen) atoms. The van der Waals surface area contributed by atoms with Crippen LogP contribution in [0.5, 0.6) is 5.75 Å². The molecule has 2 heterocycles. The van der Waals surface area contributed by atoms with Crippen LogP contribution < -0.4 is 16.0 Å².